The molecule has 10 nitrogen and oxygen atoms in total. The van der Waals surface area contributed by atoms with Crippen molar-refractivity contribution in [1.82, 2.24) is 19.5 Å². The first-order valence-corrected chi connectivity index (χ1v) is 8.10. The molecule has 0 saturated carbocycles. The maximum atomic E-state index is 10.6. The summed E-state index contributed by atoms with van der Waals surface area (Å²) in [6, 6.07) is 0. The van der Waals surface area contributed by atoms with Crippen molar-refractivity contribution in [2.45, 2.75) is 13.0 Å². The van der Waals surface area contributed by atoms with E-state index < -0.39 is 13.7 Å². The van der Waals surface area contributed by atoms with E-state index in [1.54, 1.807) is 4.57 Å². The third-order valence-corrected chi connectivity index (χ3v) is 3.69. The molecule has 2 unspecified atom stereocenters. The number of aryl methyl sites for hydroxylation is 1. The van der Waals surface area contributed by atoms with Crippen LogP contribution in [-0.2, 0) is 15.6 Å². The van der Waals surface area contributed by atoms with E-state index in [4.69, 9.17) is 22.2 Å². The average Bonchev–Trinajstić information content (AvgIpc) is 2.81. The molecular weight excluding hydrogens is 360 g/mol. The summed E-state index contributed by atoms with van der Waals surface area (Å²) in [5.41, 5.74) is 6.36. The van der Waals surface area contributed by atoms with E-state index in [0.717, 1.165) is 0 Å². The number of nitrogens with two attached hydrogens (primary N) is 1. The van der Waals surface area contributed by atoms with Crippen molar-refractivity contribution >= 4 is 36.5 Å². The fraction of sp³-hybridized carbons (Fsp3) is 0.500. The summed E-state index contributed by atoms with van der Waals surface area (Å²) in [6.45, 7) is -0.255. The molecule has 2 aromatic heterocycles. The van der Waals surface area contributed by atoms with Gasteiger partial charge in [-0.3, -0.25) is 4.57 Å². The molecular formula is C10H14ClN5NaO5P. The number of hydrogen-bond acceptors (Lipinski definition) is 8. The molecule has 13 heteroatoms. The van der Waals surface area contributed by atoms with Crippen LogP contribution in [0.25, 0.3) is 11.2 Å². The van der Waals surface area contributed by atoms with Crippen LogP contribution >= 0.6 is 19.4 Å². The Morgan fingerprint density at radius 1 is 1.52 bits per heavy atom. The Labute approximate surface area is 158 Å². The number of nitrogen functional groups attached to an aromatic ring is 1. The molecule has 0 aliphatic heterocycles. The molecule has 122 valence electrons. The fourth-order valence-electron chi connectivity index (χ4n) is 1.84. The van der Waals surface area contributed by atoms with Crippen molar-refractivity contribution in [2.75, 3.05) is 18.9 Å². The Bertz CT molecular complexity index is 710. The van der Waals surface area contributed by atoms with Crippen LogP contribution in [0.1, 0.15) is 6.42 Å². The first kappa shape index (κ1) is 20.8. The average molecular weight is 374 g/mol. The van der Waals surface area contributed by atoms with Crippen LogP contribution in [-0.4, -0.2) is 42.7 Å². The van der Waals surface area contributed by atoms with Crippen LogP contribution in [0.4, 0.5) is 5.95 Å². The first-order chi connectivity index (χ1) is 10.3. The van der Waals surface area contributed by atoms with Gasteiger partial charge in [0.15, 0.2) is 10.8 Å². The molecule has 0 fully saturated rings. The maximum Gasteiger partial charge on any atom is 1.00 e. The predicted octanol–water partition coefficient (Wildman–Crippen LogP) is -3.46. The van der Waals surface area contributed by atoms with E-state index in [-0.39, 0.29) is 53.9 Å². The van der Waals surface area contributed by atoms with Gasteiger partial charge in [-0.2, -0.15) is 9.97 Å². The smallest absolute Gasteiger partial charge is 0.756 e. The standard InChI is InChI=1S/C10H15ClN5O5P.Na/c11-8-7-9(15-10(12)14-8)16(5-13-7)2-1-6(3-17)4-21-22(18,19)20;/h5-6,17H,1-4H2,(H2,12,14,15)(H2,18,19,20);/q;+1/p-1. The molecule has 0 spiro atoms. The molecule has 0 amide bonds. The summed E-state index contributed by atoms with van der Waals surface area (Å²) < 4.78 is 16.5. The van der Waals surface area contributed by atoms with Crippen molar-refractivity contribution < 1.29 is 53.5 Å². The first-order valence-electron chi connectivity index (χ1n) is 6.23. The Morgan fingerprint density at radius 2 is 2.22 bits per heavy atom. The number of nitrogens with zero attached hydrogens (tertiary/aromatic N) is 4. The molecule has 0 aliphatic carbocycles. The van der Waals surface area contributed by atoms with E-state index in [1.165, 1.54) is 6.33 Å². The van der Waals surface area contributed by atoms with Gasteiger partial charge in [-0.05, 0) is 6.42 Å². The van der Waals surface area contributed by atoms with Gasteiger partial charge in [0.05, 0.1) is 12.9 Å². The van der Waals surface area contributed by atoms with Crippen molar-refractivity contribution in [2.24, 2.45) is 5.92 Å². The van der Waals surface area contributed by atoms with Gasteiger partial charge in [-0.15, -0.1) is 0 Å². The quantitative estimate of drug-likeness (QED) is 0.254. The molecule has 0 bridgehead atoms. The predicted molar refractivity (Wildman–Crippen MR) is 75.7 cm³/mol. The number of anilines is 1. The number of imidazole rings is 1. The van der Waals surface area contributed by atoms with Gasteiger partial charge in [0, 0.05) is 19.1 Å². The van der Waals surface area contributed by atoms with E-state index >= 15 is 0 Å². The van der Waals surface area contributed by atoms with E-state index in [1.807, 2.05) is 0 Å². The number of rotatable bonds is 7. The van der Waals surface area contributed by atoms with Gasteiger partial charge < -0.3 is 29.7 Å². The largest absolute Gasteiger partial charge is 1.00 e. The number of phosphoric acid groups is 1. The van der Waals surface area contributed by atoms with E-state index in [9.17, 15) is 14.6 Å². The van der Waals surface area contributed by atoms with Gasteiger partial charge in [-0.1, -0.05) is 11.6 Å². The monoisotopic (exact) mass is 373 g/mol. The summed E-state index contributed by atoms with van der Waals surface area (Å²) in [6.07, 6.45) is 1.86. The summed E-state index contributed by atoms with van der Waals surface area (Å²) in [7, 11) is -4.80. The number of phosphoric ester groups is 1. The molecule has 0 saturated heterocycles. The third-order valence-electron chi connectivity index (χ3n) is 2.95. The summed E-state index contributed by atoms with van der Waals surface area (Å²) in [4.78, 5) is 31.0. The summed E-state index contributed by atoms with van der Waals surface area (Å²) in [5.74, 6) is -0.476. The molecule has 2 atom stereocenters. The zero-order chi connectivity index (χ0) is 16.3. The van der Waals surface area contributed by atoms with Crippen molar-refractivity contribution in [1.29, 1.82) is 0 Å². The van der Waals surface area contributed by atoms with Crippen LogP contribution in [0.3, 0.4) is 0 Å². The molecule has 2 rings (SSSR count). The molecule has 0 aliphatic rings. The second-order valence-electron chi connectivity index (χ2n) is 4.58. The van der Waals surface area contributed by atoms with Gasteiger partial charge in [0.25, 0.3) is 7.82 Å². The zero-order valence-corrected chi connectivity index (χ0v) is 15.9. The van der Waals surface area contributed by atoms with Crippen LogP contribution in [0, 0.1) is 5.92 Å². The van der Waals surface area contributed by atoms with Gasteiger partial charge in [-0.25, -0.2) is 4.98 Å². The van der Waals surface area contributed by atoms with E-state index in [0.29, 0.717) is 24.1 Å². The molecule has 0 radical (unpaired) electrons. The Balaban J connectivity index is 0.00000264. The SMILES string of the molecule is Nc1nc(Cl)c2ncn(CCC(CO)COP(=O)([O-])O)c2n1.[Na+]. The number of fused-ring (bicyclic) bond motifs is 1. The minimum Gasteiger partial charge on any atom is -0.756 e. The van der Waals surface area contributed by atoms with Crippen LogP contribution < -0.4 is 40.2 Å². The third kappa shape index (κ3) is 5.93. The maximum absolute atomic E-state index is 10.6. The Morgan fingerprint density at radius 3 is 2.83 bits per heavy atom. The zero-order valence-electron chi connectivity index (χ0n) is 12.3. The number of hydrogen-bond donors (Lipinski definition) is 3. The number of aromatic nitrogens is 4. The van der Waals surface area contributed by atoms with Gasteiger partial charge in [0.1, 0.15) is 5.52 Å². The van der Waals surface area contributed by atoms with Gasteiger partial charge >= 0.3 is 29.6 Å². The molecule has 4 N–H and O–H groups in total. The molecule has 2 aromatic rings. The van der Waals surface area contributed by atoms with Crippen LogP contribution in [0.2, 0.25) is 5.15 Å². The van der Waals surface area contributed by atoms with Crippen molar-refractivity contribution in [3.05, 3.63) is 11.5 Å². The van der Waals surface area contributed by atoms with Crippen LogP contribution in [0.15, 0.2) is 6.33 Å². The summed E-state index contributed by atoms with van der Waals surface area (Å²) in [5, 5.41) is 9.34. The van der Waals surface area contributed by atoms with Gasteiger partial charge in [0.2, 0.25) is 5.95 Å². The number of aliphatic hydroxyl groups is 1. The van der Waals surface area contributed by atoms with Crippen LogP contribution in [0.5, 0.6) is 0 Å². The molecule has 2 heterocycles. The molecule has 23 heavy (non-hydrogen) atoms. The normalized spacial score (nSPS) is 15.1. The second kappa shape index (κ2) is 8.70. The Kier molecular flexibility index (Phi) is 7.85. The topological polar surface area (TPSA) is 159 Å². The fourth-order valence-corrected chi connectivity index (χ4v) is 2.46. The number of aliphatic hydroxyl groups excluding tert-OH is 1. The second-order valence-corrected chi connectivity index (χ2v) is 6.14. The Hall–Kier alpha value is -0.290. The number of halogens is 1. The summed E-state index contributed by atoms with van der Waals surface area (Å²) >= 11 is 5.91. The van der Waals surface area contributed by atoms with Crippen molar-refractivity contribution in [3.63, 3.8) is 0 Å². The minimum atomic E-state index is -4.80. The van der Waals surface area contributed by atoms with Crippen molar-refractivity contribution in [3.8, 4) is 0 Å². The van der Waals surface area contributed by atoms with E-state index in [2.05, 4.69) is 19.5 Å². The minimum absolute atomic E-state index is 0. The molecule has 0 aromatic carbocycles.